The molecule has 2 aliphatic rings. The molecule has 0 spiro atoms. The zero-order chi connectivity index (χ0) is 11.3. The summed E-state index contributed by atoms with van der Waals surface area (Å²) in [4.78, 5) is 14.0. The van der Waals surface area contributed by atoms with E-state index in [1.54, 1.807) is 6.07 Å². The predicted octanol–water partition coefficient (Wildman–Crippen LogP) is 3.47. The average molecular weight is 301 g/mol. The molecule has 0 N–H and O–H groups in total. The van der Waals surface area contributed by atoms with Gasteiger partial charge in [-0.25, -0.2) is 0 Å². The van der Waals surface area contributed by atoms with Crippen LogP contribution in [0.15, 0.2) is 16.6 Å². The molecule has 4 heteroatoms. The number of carbonyl (C=O) groups excluding carboxylic acids is 1. The van der Waals surface area contributed by atoms with E-state index in [2.05, 4.69) is 15.9 Å². The molecule has 1 aliphatic carbocycles. The molecule has 1 saturated carbocycles. The molecular formula is C12H11BrClNO. The molecular weight excluding hydrogens is 289 g/mol. The van der Waals surface area contributed by atoms with E-state index < -0.39 is 0 Å². The van der Waals surface area contributed by atoms with Crippen LogP contribution in [-0.2, 0) is 6.54 Å². The van der Waals surface area contributed by atoms with Crippen LogP contribution in [0.1, 0.15) is 28.8 Å². The maximum Gasteiger partial charge on any atom is 0.256 e. The molecule has 1 amide bonds. The lowest BCUT2D eigenvalue weighted by Gasteiger charge is -2.14. The number of halogens is 2. The van der Waals surface area contributed by atoms with Crippen LogP contribution in [0.2, 0.25) is 5.02 Å². The van der Waals surface area contributed by atoms with Crippen molar-refractivity contribution < 1.29 is 4.79 Å². The molecule has 0 bridgehead atoms. The Morgan fingerprint density at radius 2 is 2.19 bits per heavy atom. The SMILES string of the molecule is O=C1c2c(Cl)cc(Br)cc2CN1CC1CC1. The van der Waals surface area contributed by atoms with E-state index in [0.717, 1.165) is 22.5 Å². The summed E-state index contributed by atoms with van der Waals surface area (Å²) in [7, 11) is 0. The fraction of sp³-hybridized carbons (Fsp3) is 0.417. The van der Waals surface area contributed by atoms with Gasteiger partial charge in [0.2, 0.25) is 0 Å². The average Bonchev–Trinajstić information content (AvgIpc) is 2.93. The molecule has 1 heterocycles. The summed E-state index contributed by atoms with van der Waals surface area (Å²) in [5.74, 6) is 0.819. The van der Waals surface area contributed by atoms with Crippen molar-refractivity contribution in [2.45, 2.75) is 19.4 Å². The van der Waals surface area contributed by atoms with Crippen molar-refractivity contribution in [3.05, 3.63) is 32.8 Å². The van der Waals surface area contributed by atoms with E-state index in [9.17, 15) is 4.79 Å². The zero-order valence-corrected chi connectivity index (χ0v) is 11.0. The van der Waals surface area contributed by atoms with Gasteiger partial charge in [-0.15, -0.1) is 0 Å². The monoisotopic (exact) mass is 299 g/mol. The predicted molar refractivity (Wildman–Crippen MR) is 66.6 cm³/mol. The van der Waals surface area contributed by atoms with Crippen LogP contribution in [-0.4, -0.2) is 17.4 Å². The van der Waals surface area contributed by atoms with Gasteiger partial charge in [0.15, 0.2) is 0 Å². The molecule has 84 valence electrons. The van der Waals surface area contributed by atoms with E-state index in [1.807, 2.05) is 11.0 Å². The Hall–Kier alpha value is -0.540. The van der Waals surface area contributed by atoms with Crippen molar-refractivity contribution in [2.75, 3.05) is 6.54 Å². The largest absolute Gasteiger partial charge is 0.334 e. The summed E-state index contributed by atoms with van der Waals surface area (Å²) < 4.78 is 0.942. The molecule has 2 nitrogen and oxygen atoms in total. The fourth-order valence-electron chi connectivity index (χ4n) is 2.19. The summed E-state index contributed by atoms with van der Waals surface area (Å²) in [6, 6.07) is 3.78. The highest BCUT2D eigenvalue weighted by atomic mass is 79.9. The van der Waals surface area contributed by atoms with Crippen LogP contribution in [0, 0.1) is 5.92 Å². The van der Waals surface area contributed by atoms with Gasteiger partial charge in [0.05, 0.1) is 10.6 Å². The molecule has 1 aromatic rings. The quantitative estimate of drug-likeness (QED) is 0.819. The fourth-order valence-corrected chi connectivity index (χ4v) is 3.14. The normalized spacial score (nSPS) is 19.1. The summed E-state index contributed by atoms with van der Waals surface area (Å²) in [5, 5.41) is 0.563. The first kappa shape index (κ1) is 10.6. The smallest absolute Gasteiger partial charge is 0.256 e. The maximum atomic E-state index is 12.1. The van der Waals surface area contributed by atoms with E-state index in [0.29, 0.717) is 17.1 Å². The molecule has 1 aromatic carbocycles. The third-order valence-corrected chi connectivity index (χ3v) is 3.93. The lowest BCUT2D eigenvalue weighted by Crippen LogP contribution is -2.26. The molecule has 0 aromatic heterocycles. The maximum absolute atomic E-state index is 12.1. The minimum Gasteiger partial charge on any atom is -0.334 e. The van der Waals surface area contributed by atoms with Crippen LogP contribution >= 0.6 is 27.5 Å². The highest BCUT2D eigenvalue weighted by molar-refractivity contribution is 9.10. The van der Waals surface area contributed by atoms with Gasteiger partial charge in [0, 0.05) is 17.6 Å². The van der Waals surface area contributed by atoms with Crippen LogP contribution in [0.25, 0.3) is 0 Å². The third kappa shape index (κ3) is 1.76. The molecule has 0 radical (unpaired) electrons. The Kier molecular flexibility index (Phi) is 2.48. The Morgan fingerprint density at radius 3 is 2.88 bits per heavy atom. The summed E-state index contributed by atoms with van der Waals surface area (Å²) in [6.07, 6.45) is 2.52. The lowest BCUT2D eigenvalue weighted by atomic mass is 10.1. The Bertz CT molecular complexity index is 470. The number of hydrogen-bond donors (Lipinski definition) is 0. The number of rotatable bonds is 2. The standard InChI is InChI=1S/C12H11BrClNO/c13-9-3-8-6-15(5-7-1-2-7)12(16)11(8)10(14)4-9/h3-4,7H,1-2,5-6H2. The molecule has 0 atom stereocenters. The molecule has 16 heavy (non-hydrogen) atoms. The molecule has 1 aliphatic heterocycles. The van der Waals surface area contributed by atoms with Gasteiger partial charge in [-0.1, -0.05) is 27.5 Å². The first-order valence-electron chi connectivity index (χ1n) is 5.42. The number of benzene rings is 1. The zero-order valence-electron chi connectivity index (χ0n) is 8.67. The number of fused-ring (bicyclic) bond motifs is 1. The summed E-state index contributed by atoms with van der Waals surface area (Å²) in [6.45, 7) is 1.60. The molecule has 0 saturated heterocycles. The van der Waals surface area contributed by atoms with Crippen LogP contribution in [0.5, 0.6) is 0 Å². The lowest BCUT2D eigenvalue weighted by molar-refractivity contribution is 0.0771. The topological polar surface area (TPSA) is 20.3 Å². The van der Waals surface area contributed by atoms with Crippen LogP contribution in [0.4, 0.5) is 0 Å². The summed E-state index contributed by atoms with van der Waals surface area (Å²) in [5.41, 5.74) is 1.75. The van der Waals surface area contributed by atoms with Gasteiger partial charge in [-0.3, -0.25) is 4.79 Å². The second-order valence-corrected chi connectivity index (χ2v) is 5.87. The number of nitrogens with zero attached hydrogens (tertiary/aromatic N) is 1. The molecule has 1 fully saturated rings. The second-order valence-electron chi connectivity index (χ2n) is 4.55. The Labute approximate surface area is 108 Å². The Morgan fingerprint density at radius 1 is 1.44 bits per heavy atom. The van der Waals surface area contributed by atoms with Gasteiger partial charge >= 0.3 is 0 Å². The van der Waals surface area contributed by atoms with Crippen molar-refractivity contribution in [3.63, 3.8) is 0 Å². The van der Waals surface area contributed by atoms with Gasteiger partial charge in [0.25, 0.3) is 5.91 Å². The van der Waals surface area contributed by atoms with Gasteiger partial charge < -0.3 is 4.90 Å². The van der Waals surface area contributed by atoms with E-state index in [4.69, 9.17) is 11.6 Å². The minimum absolute atomic E-state index is 0.0967. The number of amides is 1. The van der Waals surface area contributed by atoms with E-state index in [-0.39, 0.29) is 5.91 Å². The van der Waals surface area contributed by atoms with Crippen molar-refractivity contribution in [1.29, 1.82) is 0 Å². The number of carbonyl (C=O) groups is 1. The highest BCUT2D eigenvalue weighted by Crippen LogP contribution is 2.36. The van der Waals surface area contributed by atoms with Crippen LogP contribution < -0.4 is 0 Å². The van der Waals surface area contributed by atoms with Gasteiger partial charge in [-0.05, 0) is 36.5 Å². The van der Waals surface area contributed by atoms with Crippen LogP contribution in [0.3, 0.4) is 0 Å². The van der Waals surface area contributed by atoms with Gasteiger partial charge in [0.1, 0.15) is 0 Å². The van der Waals surface area contributed by atoms with E-state index in [1.165, 1.54) is 12.8 Å². The highest BCUT2D eigenvalue weighted by Gasteiger charge is 2.34. The number of hydrogen-bond acceptors (Lipinski definition) is 1. The van der Waals surface area contributed by atoms with Crippen molar-refractivity contribution in [1.82, 2.24) is 4.90 Å². The Balaban J connectivity index is 1.93. The first-order chi connectivity index (χ1) is 7.65. The van der Waals surface area contributed by atoms with Crippen molar-refractivity contribution >= 4 is 33.4 Å². The summed E-state index contributed by atoms with van der Waals surface area (Å²) >= 11 is 9.51. The van der Waals surface area contributed by atoms with E-state index >= 15 is 0 Å². The molecule has 3 rings (SSSR count). The van der Waals surface area contributed by atoms with Crippen molar-refractivity contribution in [2.24, 2.45) is 5.92 Å². The third-order valence-electron chi connectivity index (χ3n) is 3.17. The molecule has 0 unspecified atom stereocenters. The minimum atomic E-state index is 0.0967. The van der Waals surface area contributed by atoms with Crippen molar-refractivity contribution in [3.8, 4) is 0 Å². The second kappa shape index (κ2) is 3.74. The van der Waals surface area contributed by atoms with Gasteiger partial charge in [-0.2, -0.15) is 0 Å². The first-order valence-corrected chi connectivity index (χ1v) is 6.59.